The first kappa shape index (κ1) is 18.9. The third kappa shape index (κ3) is 2.84. The Morgan fingerprint density at radius 1 is 0.933 bits per heavy atom. The lowest BCUT2D eigenvalue weighted by molar-refractivity contribution is -0.362. The molecular formula is C24H24BF2N3. The van der Waals surface area contributed by atoms with Gasteiger partial charge in [0.15, 0.2) is 5.70 Å². The maximum absolute atomic E-state index is 15.9. The van der Waals surface area contributed by atoms with E-state index in [9.17, 15) is 0 Å². The van der Waals surface area contributed by atoms with Crippen LogP contribution in [-0.2, 0) is 0 Å². The standard InChI is InChI=1S/C24H24BF2N3/c1-18-22(13-11-20-9-5-3-6-10-20)19(2)29-23(18)17-21-12-14-24(30(21)25(29,26)27)28-15-7-4-8-16-28/h3,5-6,9-10,12,14,17H,4,7-8,15-16H2,1-2H3. The van der Waals surface area contributed by atoms with E-state index in [2.05, 4.69) is 16.7 Å². The van der Waals surface area contributed by atoms with Crippen molar-refractivity contribution in [3.05, 3.63) is 70.6 Å². The second-order valence-corrected chi connectivity index (χ2v) is 8.22. The van der Waals surface area contributed by atoms with Crippen LogP contribution in [0.25, 0.3) is 6.08 Å². The fourth-order valence-electron chi connectivity index (χ4n) is 4.84. The lowest BCUT2D eigenvalue weighted by Crippen LogP contribution is -2.51. The SMILES string of the molecule is CC1=C(C#Cc2ccccc2)C(C)=[N+]2C1=Cc1ccc(N3CCCCC3)n1[B-]2(F)F. The van der Waals surface area contributed by atoms with Crippen LogP contribution in [0.5, 0.6) is 0 Å². The molecule has 4 heterocycles. The first-order chi connectivity index (χ1) is 14.5. The Balaban J connectivity index is 1.60. The summed E-state index contributed by atoms with van der Waals surface area (Å²) in [5.41, 5.74) is 4.03. The van der Waals surface area contributed by atoms with E-state index < -0.39 is 6.97 Å². The maximum atomic E-state index is 15.9. The van der Waals surface area contributed by atoms with Crippen LogP contribution in [0.1, 0.15) is 44.4 Å². The number of allylic oxidation sites excluding steroid dienone is 2. The zero-order chi connectivity index (χ0) is 20.9. The Morgan fingerprint density at radius 2 is 1.67 bits per heavy atom. The minimum Gasteiger partial charge on any atom is -0.389 e. The molecule has 1 aromatic carbocycles. The van der Waals surface area contributed by atoms with Gasteiger partial charge in [-0.15, -0.1) is 0 Å². The van der Waals surface area contributed by atoms with Gasteiger partial charge >= 0.3 is 6.97 Å². The van der Waals surface area contributed by atoms with Gasteiger partial charge in [-0.2, -0.15) is 0 Å². The number of fused-ring (bicyclic) bond motifs is 2. The molecule has 1 saturated heterocycles. The Bertz CT molecular complexity index is 1170. The van der Waals surface area contributed by atoms with Crippen LogP contribution in [0.15, 0.2) is 59.3 Å². The van der Waals surface area contributed by atoms with Crippen LogP contribution in [0.3, 0.4) is 0 Å². The number of benzene rings is 1. The Morgan fingerprint density at radius 3 is 2.40 bits per heavy atom. The first-order valence-corrected chi connectivity index (χ1v) is 10.6. The fourth-order valence-corrected chi connectivity index (χ4v) is 4.84. The highest BCUT2D eigenvalue weighted by Gasteiger charge is 2.54. The number of anilines is 1. The largest absolute Gasteiger partial charge is 0.738 e. The lowest BCUT2D eigenvalue weighted by Gasteiger charge is -2.36. The van der Waals surface area contributed by atoms with Crippen molar-refractivity contribution in [1.29, 1.82) is 0 Å². The maximum Gasteiger partial charge on any atom is 0.738 e. The van der Waals surface area contributed by atoms with Gasteiger partial charge < -0.3 is 22.5 Å². The van der Waals surface area contributed by atoms with Crippen LogP contribution in [0.2, 0.25) is 0 Å². The third-order valence-electron chi connectivity index (χ3n) is 6.36. The summed E-state index contributed by atoms with van der Waals surface area (Å²) in [5.74, 6) is 6.91. The van der Waals surface area contributed by atoms with Crippen molar-refractivity contribution in [2.75, 3.05) is 18.0 Å². The van der Waals surface area contributed by atoms with Gasteiger partial charge in [-0.3, -0.25) is 0 Å². The number of piperidine rings is 1. The molecule has 3 aliphatic rings. The first-order valence-electron chi connectivity index (χ1n) is 10.6. The van der Waals surface area contributed by atoms with Gasteiger partial charge in [-0.05, 0) is 50.5 Å². The highest BCUT2D eigenvalue weighted by Crippen LogP contribution is 2.39. The molecule has 0 saturated carbocycles. The lowest BCUT2D eigenvalue weighted by atomic mass is 9.90. The molecule has 3 nitrogen and oxygen atoms in total. The van der Waals surface area contributed by atoms with Crippen molar-refractivity contribution in [2.24, 2.45) is 0 Å². The van der Waals surface area contributed by atoms with E-state index >= 15 is 8.63 Å². The van der Waals surface area contributed by atoms with Gasteiger partial charge in [0.2, 0.25) is 0 Å². The van der Waals surface area contributed by atoms with Gasteiger partial charge in [0.25, 0.3) is 0 Å². The van der Waals surface area contributed by atoms with Crippen molar-refractivity contribution in [3.63, 3.8) is 0 Å². The van der Waals surface area contributed by atoms with Gasteiger partial charge in [-0.1, -0.05) is 30.0 Å². The predicted molar refractivity (Wildman–Crippen MR) is 119 cm³/mol. The molecule has 0 amide bonds. The van der Waals surface area contributed by atoms with Crippen LogP contribution >= 0.6 is 0 Å². The van der Waals surface area contributed by atoms with Crippen molar-refractivity contribution >= 4 is 24.6 Å². The van der Waals surface area contributed by atoms with E-state index in [1.165, 1.54) is 15.4 Å². The van der Waals surface area contributed by atoms with Crippen molar-refractivity contribution < 1.29 is 13.1 Å². The third-order valence-corrected chi connectivity index (χ3v) is 6.36. The minimum absolute atomic E-state index is 0.524. The molecule has 0 radical (unpaired) electrons. The summed E-state index contributed by atoms with van der Waals surface area (Å²) in [6.07, 6.45) is 5.15. The van der Waals surface area contributed by atoms with Gasteiger partial charge in [0.1, 0.15) is 5.71 Å². The number of halogens is 2. The van der Waals surface area contributed by atoms with Crippen molar-refractivity contribution in [1.82, 2.24) is 4.48 Å². The molecule has 3 aliphatic heterocycles. The van der Waals surface area contributed by atoms with E-state index in [0.717, 1.165) is 37.1 Å². The summed E-state index contributed by atoms with van der Waals surface area (Å²) in [7, 11) is 0. The summed E-state index contributed by atoms with van der Waals surface area (Å²) in [4.78, 5) is 2.10. The second-order valence-electron chi connectivity index (χ2n) is 8.22. The summed E-state index contributed by atoms with van der Waals surface area (Å²) in [5, 5.41) is 0. The Labute approximate surface area is 176 Å². The average Bonchev–Trinajstić information content (AvgIpc) is 3.29. The molecule has 152 valence electrons. The smallest absolute Gasteiger partial charge is 0.389 e. The second kappa shape index (κ2) is 7.02. The predicted octanol–water partition coefficient (Wildman–Crippen LogP) is 4.91. The van der Waals surface area contributed by atoms with Gasteiger partial charge in [0, 0.05) is 42.9 Å². The van der Waals surface area contributed by atoms with Crippen LogP contribution in [0.4, 0.5) is 14.4 Å². The topological polar surface area (TPSA) is 11.2 Å². The van der Waals surface area contributed by atoms with Gasteiger partial charge in [-0.25, -0.2) is 0 Å². The van der Waals surface area contributed by atoms with E-state index in [0.29, 0.717) is 28.5 Å². The molecule has 5 rings (SSSR count). The number of nitrogens with zero attached hydrogens (tertiary/aromatic N) is 3. The number of hydrogen-bond donors (Lipinski definition) is 0. The number of hydrogen-bond acceptors (Lipinski definition) is 1. The molecule has 0 spiro atoms. The monoisotopic (exact) mass is 403 g/mol. The molecule has 2 aromatic rings. The Hall–Kier alpha value is -3.07. The van der Waals surface area contributed by atoms with E-state index in [-0.39, 0.29) is 0 Å². The van der Waals surface area contributed by atoms with Crippen LogP contribution in [-0.4, -0.2) is 34.7 Å². The molecule has 6 heteroatoms. The van der Waals surface area contributed by atoms with Crippen LogP contribution < -0.4 is 4.90 Å². The molecule has 0 N–H and O–H groups in total. The van der Waals surface area contributed by atoms with Crippen molar-refractivity contribution in [3.8, 4) is 11.8 Å². The summed E-state index contributed by atoms with van der Waals surface area (Å²) in [6, 6.07) is 13.3. The molecule has 0 bridgehead atoms. The van der Waals surface area contributed by atoms with E-state index in [4.69, 9.17) is 0 Å². The highest BCUT2D eigenvalue weighted by atomic mass is 19.2. The zero-order valence-corrected chi connectivity index (χ0v) is 17.3. The molecule has 0 unspecified atom stereocenters. The van der Waals surface area contributed by atoms with E-state index in [1.807, 2.05) is 55.5 Å². The highest BCUT2D eigenvalue weighted by molar-refractivity contribution is 6.58. The number of aromatic nitrogens is 1. The zero-order valence-electron chi connectivity index (χ0n) is 17.3. The van der Waals surface area contributed by atoms with E-state index in [1.54, 1.807) is 6.92 Å². The summed E-state index contributed by atoms with van der Waals surface area (Å²) < 4.78 is 34.4. The number of rotatable bonds is 1. The van der Waals surface area contributed by atoms with Gasteiger partial charge in [0.05, 0.1) is 11.4 Å². The molecular weight excluding hydrogens is 379 g/mol. The van der Waals surface area contributed by atoms with Crippen molar-refractivity contribution in [2.45, 2.75) is 33.1 Å². The molecule has 0 atom stereocenters. The molecule has 0 aliphatic carbocycles. The fraction of sp³-hybridized carbons (Fsp3) is 0.292. The average molecular weight is 403 g/mol. The molecule has 30 heavy (non-hydrogen) atoms. The summed E-state index contributed by atoms with van der Waals surface area (Å²) >= 11 is 0. The molecule has 1 aromatic heterocycles. The van der Waals surface area contributed by atoms with Crippen LogP contribution in [0, 0.1) is 11.8 Å². The summed E-state index contributed by atoms with van der Waals surface area (Å²) in [6.45, 7) is 1.32. The quantitative estimate of drug-likeness (QED) is 0.487. The minimum atomic E-state index is -3.99. The Kier molecular flexibility index (Phi) is 4.43. The normalized spacial score (nSPS) is 19.9. The molecule has 1 fully saturated rings.